The zero-order valence-corrected chi connectivity index (χ0v) is 11.7. The number of aromatic carboxylic acids is 1. The number of carbonyl (C=O) groups is 2. The van der Waals surface area contributed by atoms with Crippen molar-refractivity contribution >= 4 is 23.8 Å². The number of nitrogens with zero attached hydrogens (tertiary/aromatic N) is 1. The van der Waals surface area contributed by atoms with Crippen LogP contribution in [0.15, 0.2) is 59.7 Å². The molecular weight excluding hydrogens is 282 g/mol. The average molecular weight is 297 g/mol. The highest BCUT2D eigenvalue weighted by Crippen LogP contribution is 2.06. The van der Waals surface area contributed by atoms with Gasteiger partial charge in [0.15, 0.2) is 0 Å². The molecule has 22 heavy (non-hydrogen) atoms. The van der Waals surface area contributed by atoms with E-state index in [1.54, 1.807) is 18.2 Å². The van der Waals surface area contributed by atoms with Gasteiger partial charge in [-0.15, -0.1) is 0 Å². The van der Waals surface area contributed by atoms with Crippen LogP contribution < -0.4 is 10.7 Å². The Hall–Kier alpha value is -3.15. The molecule has 0 bridgehead atoms. The van der Waals surface area contributed by atoms with Crippen molar-refractivity contribution in [1.82, 2.24) is 5.43 Å². The van der Waals surface area contributed by atoms with Crippen molar-refractivity contribution in [1.29, 1.82) is 0 Å². The van der Waals surface area contributed by atoms with E-state index in [4.69, 9.17) is 5.11 Å². The Bertz CT molecular complexity index is 684. The third-order valence-electron chi connectivity index (χ3n) is 2.81. The van der Waals surface area contributed by atoms with Crippen molar-refractivity contribution in [3.63, 3.8) is 0 Å². The van der Waals surface area contributed by atoms with E-state index in [1.165, 1.54) is 12.3 Å². The van der Waals surface area contributed by atoms with E-state index in [1.807, 2.05) is 30.3 Å². The minimum atomic E-state index is -1.04. The van der Waals surface area contributed by atoms with Crippen LogP contribution in [0.1, 0.15) is 15.9 Å². The van der Waals surface area contributed by atoms with Crippen LogP contribution in [-0.4, -0.2) is 29.7 Å². The summed E-state index contributed by atoms with van der Waals surface area (Å²) in [5.41, 5.74) is 3.72. The first-order valence-electron chi connectivity index (χ1n) is 6.60. The lowest BCUT2D eigenvalue weighted by Crippen LogP contribution is -2.25. The number of carboxylic acid groups (broad SMARTS) is 1. The molecule has 0 aliphatic heterocycles. The van der Waals surface area contributed by atoms with Gasteiger partial charge in [0.2, 0.25) is 0 Å². The number of anilines is 1. The van der Waals surface area contributed by atoms with E-state index < -0.39 is 5.97 Å². The van der Waals surface area contributed by atoms with Gasteiger partial charge in [-0.3, -0.25) is 4.79 Å². The van der Waals surface area contributed by atoms with E-state index in [-0.39, 0.29) is 18.0 Å². The van der Waals surface area contributed by atoms with Gasteiger partial charge in [-0.25, -0.2) is 10.2 Å². The third kappa shape index (κ3) is 4.45. The van der Waals surface area contributed by atoms with Crippen LogP contribution in [-0.2, 0) is 4.79 Å². The second-order valence-corrected chi connectivity index (χ2v) is 4.41. The highest BCUT2D eigenvalue weighted by molar-refractivity contribution is 5.98. The molecule has 0 heterocycles. The quantitative estimate of drug-likeness (QED) is 0.561. The first-order chi connectivity index (χ1) is 10.7. The van der Waals surface area contributed by atoms with Gasteiger partial charge in [-0.2, -0.15) is 5.10 Å². The zero-order chi connectivity index (χ0) is 15.8. The van der Waals surface area contributed by atoms with Crippen molar-refractivity contribution in [2.24, 2.45) is 5.10 Å². The molecule has 0 spiro atoms. The van der Waals surface area contributed by atoms with Crippen molar-refractivity contribution in [2.45, 2.75) is 0 Å². The summed E-state index contributed by atoms with van der Waals surface area (Å²) in [4.78, 5) is 22.6. The lowest BCUT2D eigenvalue weighted by molar-refractivity contribution is -0.119. The molecule has 6 nitrogen and oxygen atoms in total. The van der Waals surface area contributed by atoms with Gasteiger partial charge in [0.1, 0.15) is 0 Å². The molecule has 0 aliphatic carbocycles. The van der Waals surface area contributed by atoms with Crippen LogP contribution >= 0.6 is 0 Å². The van der Waals surface area contributed by atoms with Gasteiger partial charge in [0, 0.05) is 11.3 Å². The van der Waals surface area contributed by atoms with Crippen molar-refractivity contribution in [2.75, 3.05) is 11.9 Å². The average Bonchev–Trinajstić information content (AvgIpc) is 2.54. The second-order valence-electron chi connectivity index (χ2n) is 4.41. The minimum absolute atomic E-state index is 0.0714. The number of amides is 1. The fourth-order valence-electron chi connectivity index (χ4n) is 1.76. The normalized spacial score (nSPS) is 10.4. The van der Waals surface area contributed by atoms with E-state index >= 15 is 0 Å². The molecule has 0 fully saturated rings. The molecule has 6 heteroatoms. The fraction of sp³-hybridized carbons (Fsp3) is 0.0625. The molecule has 2 aromatic carbocycles. The molecule has 2 aromatic rings. The van der Waals surface area contributed by atoms with E-state index in [0.717, 1.165) is 5.69 Å². The Balaban J connectivity index is 1.87. The number of para-hydroxylation sites is 1. The molecule has 0 saturated heterocycles. The smallest absolute Gasteiger partial charge is 0.336 e. The summed E-state index contributed by atoms with van der Waals surface area (Å²) in [6.07, 6.45) is 1.31. The summed E-state index contributed by atoms with van der Waals surface area (Å²) >= 11 is 0. The van der Waals surface area contributed by atoms with Crippen molar-refractivity contribution < 1.29 is 14.7 Å². The van der Waals surface area contributed by atoms with E-state index in [9.17, 15) is 9.59 Å². The summed E-state index contributed by atoms with van der Waals surface area (Å²) in [7, 11) is 0. The van der Waals surface area contributed by atoms with Crippen LogP contribution in [0.25, 0.3) is 0 Å². The summed E-state index contributed by atoms with van der Waals surface area (Å²) in [6, 6.07) is 15.7. The molecule has 0 radical (unpaired) electrons. The summed E-state index contributed by atoms with van der Waals surface area (Å²) in [6.45, 7) is 0.0714. The molecule has 0 aliphatic rings. The summed E-state index contributed by atoms with van der Waals surface area (Å²) in [5.74, 6) is -1.37. The van der Waals surface area contributed by atoms with Gasteiger partial charge >= 0.3 is 5.97 Å². The maximum Gasteiger partial charge on any atom is 0.336 e. The number of carbonyl (C=O) groups excluding carboxylic acids is 1. The molecular formula is C16H15N3O3. The van der Waals surface area contributed by atoms with Crippen LogP contribution in [0.4, 0.5) is 5.69 Å². The molecule has 112 valence electrons. The van der Waals surface area contributed by atoms with Crippen molar-refractivity contribution in [3.8, 4) is 0 Å². The SMILES string of the molecule is O=C(CNc1ccccc1)NN=Cc1ccccc1C(=O)O. The van der Waals surface area contributed by atoms with Gasteiger partial charge < -0.3 is 10.4 Å². The van der Waals surface area contributed by atoms with Crippen LogP contribution in [0.3, 0.4) is 0 Å². The van der Waals surface area contributed by atoms with Gasteiger partial charge in [0.05, 0.1) is 18.3 Å². The number of hydrogen-bond donors (Lipinski definition) is 3. The Kier molecular flexibility index (Phi) is 5.25. The zero-order valence-electron chi connectivity index (χ0n) is 11.7. The largest absolute Gasteiger partial charge is 0.478 e. The molecule has 2 rings (SSSR count). The number of nitrogens with one attached hydrogen (secondary N) is 2. The maximum absolute atomic E-state index is 11.6. The number of benzene rings is 2. The minimum Gasteiger partial charge on any atom is -0.478 e. The number of carboxylic acids is 1. The molecule has 0 aromatic heterocycles. The first-order valence-corrected chi connectivity index (χ1v) is 6.60. The molecule has 0 unspecified atom stereocenters. The van der Waals surface area contributed by atoms with Crippen LogP contribution in [0.2, 0.25) is 0 Å². The third-order valence-corrected chi connectivity index (χ3v) is 2.81. The lowest BCUT2D eigenvalue weighted by Gasteiger charge is -2.04. The molecule has 3 N–H and O–H groups in total. The van der Waals surface area contributed by atoms with Crippen LogP contribution in [0, 0.1) is 0 Å². The summed E-state index contributed by atoms with van der Waals surface area (Å²) in [5, 5.41) is 15.7. The van der Waals surface area contributed by atoms with Crippen molar-refractivity contribution in [3.05, 3.63) is 65.7 Å². The standard InChI is InChI=1S/C16H15N3O3/c20-15(11-17-13-7-2-1-3-8-13)19-18-10-12-6-4-5-9-14(12)16(21)22/h1-10,17H,11H2,(H,19,20)(H,21,22). The molecule has 0 atom stereocenters. The van der Waals surface area contributed by atoms with Gasteiger partial charge in [-0.1, -0.05) is 36.4 Å². The van der Waals surface area contributed by atoms with Gasteiger partial charge in [-0.05, 0) is 18.2 Å². The Morgan fingerprint density at radius 2 is 1.73 bits per heavy atom. The van der Waals surface area contributed by atoms with E-state index in [0.29, 0.717) is 5.56 Å². The Morgan fingerprint density at radius 3 is 2.45 bits per heavy atom. The maximum atomic E-state index is 11.6. The Morgan fingerprint density at radius 1 is 1.05 bits per heavy atom. The second kappa shape index (κ2) is 7.58. The first kappa shape index (κ1) is 15.2. The van der Waals surface area contributed by atoms with Gasteiger partial charge in [0.25, 0.3) is 5.91 Å². The number of hydrogen-bond acceptors (Lipinski definition) is 4. The predicted octanol–water partition coefficient (Wildman–Crippen LogP) is 1.95. The van der Waals surface area contributed by atoms with Crippen LogP contribution in [0.5, 0.6) is 0 Å². The molecule has 0 saturated carbocycles. The monoisotopic (exact) mass is 297 g/mol. The number of hydrazone groups is 1. The highest BCUT2D eigenvalue weighted by atomic mass is 16.4. The summed E-state index contributed by atoms with van der Waals surface area (Å²) < 4.78 is 0. The molecule has 1 amide bonds. The topological polar surface area (TPSA) is 90.8 Å². The highest BCUT2D eigenvalue weighted by Gasteiger charge is 2.06. The fourth-order valence-corrected chi connectivity index (χ4v) is 1.76. The van der Waals surface area contributed by atoms with E-state index in [2.05, 4.69) is 15.8 Å². The Labute approximate surface area is 127 Å². The predicted molar refractivity (Wildman–Crippen MR) is 84.1 cm³/mol. The lowest BCUT2D eigenvalue weighted by atomic mass is 10.1. The number of rotatable bonds is 6.